The maximum absolute atomic E-state index is 6.00. The minimum absolute atomic E-state index is 0.625. The summed E-state index contributed by atoms with van der Waals surface area (Å²) in [6, 6.07) is 15.8. The molecule has 2 aliphatic heterocycles. The van der Waals surface area contributed by atoms with Gasteiger partial charge < -0.3 is 18.9 Å². The highest BCUT2D eigenvalue weighted by Gasteiger charge is 2.15. The highest BCUT2D eigenvalue weighted by Crippen LogP contribution is 2.27. The van der Waals surface area contributed by atoms with Gasteiger partial charge in [0.2, 0.25) is 0 Å². The van der Waals surface area contributed by atoms with E-state index in [1.165, 1.54) is 0 Å². The van der Waals surface area contributed by atoms with Crippen molar-refractivity contribution in [3.8, 4) is 23.0 Å². The Bertz CT molecular complexity index is 633. The van der Waals surface area contributed by atoms with Crippen molar-refractivity contribution in [2.24, 2.45) is 0 Å². The highest BCUT2D eigenvalue weighted by molar-refractivity contribution is 5.40. The van der Waals surface area contributed by atoms with Gasteiger partial charge in [-0.3, -0.25) is 9.80 Å². The first-order chi connectivity index (χ1) is 13.9. The number of nitrogens with zero attached hydrogens (tertiary/aromatic N) is 2. The van der Waals surface area contributed by atoms with Gasteiger partial charge in [0.15, 0.2) is 23.0 Å². The van der Waals surface area contributed by atoms with E-state index < -0.39 is 0 Å². The topological polar surface area (TPSA) is 43.4 Å². The Morgan fingerprint density at radius 3 is 1.00 bits per heavy atom. The van der Waals surface area contributed by atoms with Crippen molar-refractivity contribution in [1.29, 1.82) is 0 Å². The van der Waals surface area contributed by atoms with Gasteiger partial charge in [0.05, 0.1) is 0 Å². The Balaban J connectivity index is 1.49. The SMILES string of the molecule is c1ccc2c(c1)OCCN1CCOc3ccccc3OCCN(CCO2)CC1. The van der Waals surface area contributed by atoms with Crippen LogP contribution in [0.2, 0.25) is 0 Å². The molecule has 0 atom stereocenters. The van der Waals surface area contributed by atoms with Gasteiger partial charge in [0.25, 0.3) is 0 Å². The molecular formula is C22H28N2O4. The molecule has 2 heterocycles. The third-order valence-electron chi connectivity index (χ3n) is 5.09. The van der Waals surface area contributed by atoms with Crippen molar-refractivity contribution < 1.29 is 18.9 Å². The molecule has 0 aliphatic carbocycles. The maximum atomic E-state index is 6.00. The van der Waals surface area contributed by atoms with Crippen molar-refractivity contribution in [2.75, 3.05) is 65.7 Å². The minimum atomic E-state index is 0.625. The second-order valence-electron chi connectivity index (χ2n) is 6.97. The van der Waals surface area contributed by atoms with E-state index in [1.54, 1.807) is 0 Å². The summed E-state index contributed by atoms with van der Waals surface area (Å²) in [5.41, 5.74) is 0. The molecule has 2 aliphatic rings. The smallest absolute Gasteiger partial charge is 0.161 e. The average molecular weight is 384 g/mol. The first kappa shape index (κ1) is 18.9. The van der Waals surface area contributed by atoms with Gasteiger partial charge in [-0.2, -0.15) is 0 Å². The lowest BCUT2D eigenvalue weighted by Crippen LogP contribution is -2.42. The molecule has 0 aromatic heterocycles. The van der Waals surface area contributed by atoms with Crippen LogP contribution < -0.4 is 18.9 Å². The van der Waals surface area contributed by atoms with E-state index in [0.717, 1.165) is 62.3 Å². The number of rotatable bonds is 0. The van der Waals surface area contributed by atoms with Crippen LogP contribution in [-0.4, -0.2) is 75.5 Å². The van der Waals surface area contributed by atoms with E-state index in [4.69, 9.17) is 18.9 Å². The summed E-state index contributed by atoms with van der Waals surface area (Å²) in [6.07, 6.45) is 0. The van der Waals surface area contributed by atoms with Crippen LogP contribution >= 0.6 is 0 Å². The zero-order chi connectivity index (χ0) is 19.0. The minimum Gasteiger partial charge on any atom is -0.488 e. The van der Waals surface area contributed by atoms with Gasteiger partial charge in [-0.15, -0.1) is 0 Å². The van der Waals surface area contributed by atoms with Crippen molar-refractivity contribution in [1.82, 2.24) is 9.80 Å². The molecular weight excluding hydrogens is 356 g/mol. The van der Waals surface area contributed by atoms with Gasteiger partial charge >= 0.3 is 0 Å². The predicted molar refractivity (Wildman–Crippen MR) is 108 cm³/mol. The average Bonchev–Trinajstić information content (AvgIpc) is 2.71. The molecule has 28 heavy (non-hydrogen) atoms. The largest absolute Gasteiger partial charge is 0.488 e. The van der Waals surface area contributed by atoms with Crippen LogP contribution in [0.15, 0.2) is 48.5 Å². The summed E-state index contributed by atoms with van der Waals surface area (Å²) in [6.45, 7) is 7.84. The third kappa shape index (κ3) is 5.09. The zero-order valence-corrected chi connectivity index (χ0v) is 16.2. The molecule has 4 rings (SSSR count). The zero-order valence-electron chi connectivity index (χ0n) is 16.2. The van der Waals surface area contributed by atoms with E-state index in [0.29, 0.717) is 26.4 Å². The quantitative estimate of drug-likeness (QED) is 0.696. The molecule has 0 radical (unpaired) electrons. The van der Waals surface area contributed by atoms with Crippen molar-refractivity contribution in [3.05, 3.63) is 48.5 Å². The van der Waals surface area contributed by atoms with Crippen molar-refractivity contribution in [3.63, 3.8) is 0 Å². The second kappa shape index (κ2) is 9.66. The number of hydrogen-bond acceptors (Lipinski definition) is 6. The summed E-state index contributed by atoms with van der Waals surface area (Å²) in [7, 11) is 0. The normalized spacial score (nSPS) is 23.4. The van der Waals surface area contributed by atoms with Crippen LogP contribution in [0.1, 0.15) is 0 Å². The molecule has 6 nitrogen and oxygen atoms in total. The third-order valence-corrected chi connectivity index (χ3v) is 5.09. The van der Waals surface area contributed by atoms with Gasteiger partial charge in [0.1, 0.15) is 26.4 Å². The fourth-order valence-corrected chi connectivity index (χ4v) is 3.47. The molecule has 2 aromatic rings. The van der Waals surface area contributed by atoms with Gasteiger partial charge in [0, 0.05) is 39.3 Å². The Hall–Kier alpha value is -2.44. The standard InChI is InChI=1S/C22H28N2O4/c1-2-6-20-19(5-1)25-15-11-23-9-10-24(12-16-26-20)14-18-28-22-8-4-3-7-21(22)27-17-13-23/h1-8H,9-18H2. The second-order valence-corrected chi connectivity index (χ2v) is 6.97. The number of ether oxygens (including phenoxy) is 4. The van der Waals surface area contributed by atoms with E-state index in [2.05, 4.69) is 9.80 Å². The summed E-state index contributed by atoms with van der Waals surface area (Å²) < 4.78 is 24.0. The van der Waals surface area contributed by atoms with E-state index in [9.17, 15) is 0 Å². The Kier molecular flexibility index (Phi) is 6.52. The van der Waals surface area contributed by atoms with Crippen molar-refractivity contribution >= 4 is 0 Å². The molecule has 0 spiro atoms. The predicted octanol–water partition coefficient (Wildman–Crippen LogP) is 2.53. The number of fused-ring (bicyclic) bond motifs is 5. The lowest BCUT2D eigenvalue weighted by atomic mass is 10.3. The molecule has 0 saturated carbocycles. The molecule has 2 aromatic carbocycles. The first-order valence-corrected chi connectivity index (χ1v) is 10.0. The van der Waals surface area contributed by atoms with Gasteiger partial charge in [-0.1, -0.05) is 24.3 Å². The van der Waals surface area contributed by atoms with Crippen LogP contribution in [0.3, 0.4) is 0 Å². The summed E-state index contributed by atoms with van der Waals surface area (Å²) in [5, 5.41) is 0. The Morgan fingerprint density at radius 2 is 0.714 bits per heavy atom. The molecule has 0 N–H and O–H groups in total. The monoisotopic (exact) mass is 384 g/mol. The first-order valence-electron chi connectivity index (χ1n) is 10.0. The summed E-state index contributed by atoms with van der Waals surface area (Å²) in [5.74, 6) is 3.24. The van der Waals surface area contributed by atoms with Gasteiger partial charge in [-0.25, -0.2) is 0 Å². The molecule has 150 valence electrons. The molecule has 6 heteroatoms. The van der Waals surface area contributed by atoms with Crippen LogP contribution in [-0.2, 0) is 0 Å². The van der Waals surface area contributed by atoms with E-state index in [-0.39, 0.29) is 0 Å². The molecule has 0 amide bonds. The number of hydrogen-bond donors (Lipinski definition) is 0. The maximum Gasteiger partial charge on any atom is 0.161 e. The number of benzene rings is 2. The fraction of sp³-hybridized carbons (Fsp3) is 0.455. The Morgan fingerprint density at radius 1 is 0.429 bits per heavy atom. The molecule has 2 bridgehead atoms. The highest BCUT2D eigenvalue weighted by atomic mass is 16.5. The molecule has 0 saturated heterocycles. The number of para-hydroxylation sites is 4. The lowest BCUT2D eigenvalue weighted by Gasteiger charge is -2.29. The van der Waals surface area contributed by atoms with Crippen LogP contribution in [0.5, 0.6) is 23.0 Å². The lowest BCUT2D eigenvalue weighted by molar-refractivity contribution is 0.118. The Labute approximate surface area is 166 Å². The van der Waals surface area contributed by atoms with Crippen LogP contribution in [0.25, 0.3) is 0 Å². The van der Waals surface area contributed by atoms with E-state index >= 15 is 0 Å². The van der Waals surface area contributed by atoms with Crippen molar-refractivity contribution in [2.45, 2.75) is 0 Å². The fourth-order valence-electron chi connectivity index (χ4n) is 3.47. The van der Waals surface area contributed by atoms with E-state index in [1.807, 2.05) is 48.5 Å². The summed E-state index contributed by atoms with van der Waals surface area (Å²) >= 11 is 0. The van der Waals surface area contributed by atoms with Gasteiger partial charge in [-0.05, 0) is 24.3 Å². The summed E-state index contributed by atoms with van der Waals surface area (Å²) in [4.78, 5) is 4.81. The van der Waals surface area contributed by atoms with Crippen LogP contribution in [0, 0.1) is 0 Å². The molecule has 0 unspecified atom stereocenters. The molecule has 0 fully saturated rings. The van der Waals surface area contributed by atoms with Crippen LogP contribution in [0.4, 0.5) is 0 Å².